The van der Waals surface area contributed by atoms with Crippen molar-refractivity contribution in [2.75, 3.05) is 6.54 Å². The van der Waals surface area contributed by atoms with Crippen LogP contribution in [0.25, 0.3) is 11.3 Å². The summed E-state index contributed by atoms with van der Waals surface area (Å²) in [4.78, 5) is 30.4. The lowest BCUT2D eigenvalue weighted by molar-refractivity contribution is -0.118. The molecule has 0 bridgehead atoms. The smallest absolute Gasteiger partial charge is 0.251 e. The molecule has 2 aromatic rings. The van der Waals surface area contributed by atoms with E-state index in [-0.39, 0.29) is 17.9 Å². The fourth-order valence-corrected chi connectivity index (χ4v) is 2.15. The van der Waals surface area contributed by atoms with Gasteiger partial charge in [-0.1, -0.05) is 6.92 Å². The predicted octanol–water partition coefficient (Wildman–Crippen LogP) is 1.42. The Bertz CT molecular complexity index is 727. The third-order valence-electron chi connectivity index (χ3n) is 3.51. The van der Waals surface area contributed by atoms with Crippen molar-refractivity contribution in [3.8, 4) is 11.3 Å². The van der Waals surface area contributed by atoms with E-state index in [1.807, 2.05) is 6.92 Å². The van der Waals surface area contributed by atoms with Gasteiger partial charge in [0.15, 0.2) is 0 Å². The summed E-state index contributed by atoms with van der Waals surface area (Å²) in [5, 5.41) is 2.53. The van der Waals surface area contributed by atoms with Crippen LogP contribution in [0.1, 0.15) is 29.9 Å². The fraction of sp³-hybridized carbons (Fsp3) is 0.312. The zero-order valence-corrected chi connectivity index (χ0v) is 13.0. The maximum Gasteiger partial charge on any atom is 0.251 e. The van der Waals surface area contributed by atoms with E-state index in [1.54, 1.807) is 6.07 Å². The van der Waals surface area contributed by atoms with Crippen molar-refractivity contribution >= 4 is 11.7 Å². The summed E-state index contributed by atoms with van der Waals surface area (Å²) in [6.45, 7) is 3.30. The van der Waals surface area contributed by atoms with Gasteiger partial charge in [0.25, 0.3) is 5.91 Å². The zero-order valence-electron chi connectivity index (χ0n) is 13.0. The highest BCUT2D eigenvalue weighted by Gasteiger charge is 2.15. The minimum atomic E-state index is -0.773. The molecule has 1 heterocycles. The number of rotatable bonds is 6. The van der Waals surface area contributed by atoms with Crippen molar-refractivity contribution in [3.63, 3.8) is 0 Å². The minimum absolute atomic E-state index is 0.00261. The average Bonchev–Trinajstić information content (AvgIpc) is 3.00. The maximum absolute atomic E-state index is 13.8. The summed E-state index contributed by atoms with van der Waals surface area (Å²) in [5.74, 6) is -1.25. The van der Waals surface area contributed by atoms with Crippen LogP contribution in [0.2, 0.25) is 0 Å². The van der Waals surface area contributed by atoms with Crippen molar-refractivity contribution in [1.82, 2.24) is 15.3 Å². The number of nitrogens with zero attached hydrogens (tertiary/aromatic N) is 1. The van der Waals surface area contributed by atoms with Crippen LogP contribution in [0.4, 0.5) is 4.39 Å². The van der Waals surface area contributed by atoms with Crippen LogP contribution in [0, 0.1) is 5.82 Å². The Hall–Kier alpha value is -2.54. The number of halogens is 1. The van der Waals surface area contributed by atoms with Gasteiger partial charge in [-0.2, -0.15) is 0 Å². The number of aromatic nitrogens is 2. The second-order valence-electron chi connectivity index (χ2n) is 5.24. The zero-order chi connectivity index (χ0) is 17.0. The second kappa shape index (κ2) is 7.15. The molecule has 0 radical (unpaired) electrons. The van der Waals surface area contributed by atoms with Gasteiger partial charge in [0.2, 0.25) is 0 Å². The van der Waals surface area contributed by atoms with Gasteiger partial charge in [-0.05, 0) is 31.5 Å². The second-order valence-corrected chi connectivity index (χ2v) is 5.24. The number of hydrogen-bond acceptors (Lipinski definition) is 4. The molecule has 4 N–H and O–H groups in total. The molecular weight excluding hydrogens is 299 g/mol. The fourth-order valence-electron chi connectivity index (χ4n) is 2.15. The number of amides is 1. The Balaban J connectivity index is 2.23. The Morgan fingerprint density at radius 2 is 2.13 bits per heavy atom. The molecule has 0 aliphatic carbocycles. The van der Waals surface area contributed by atoms with E-state index in [0.717, 1.165) is 11.8 Å². The third-order valence-corrected chi connectivity index (χ3v) is 3.51. The van der Waals surface area contributed by atoms with E-state index in [9.17, 15) is 14.0 Å². The molecule has 0 aliphatic heterocycles. The van der Waals surface area contributed by atoms with Gasteiger partial charge in [-0.15, -0.1) is 0 Å². The van der Waals surface area contributed by atoms with Gasteiger partial charge in [0, 0.05) is 23.4 Å². The summed E-state index contributed by atoms with van der Waals surface area (Å²) in [6, 6.07) is 3.25. The Morgan fingerprint density at radius 3 is 2.78 bits per heavy atom. The highest BCUT2D eigenvalue weighted by Crippen LogP contribution is 2.23. The molecule has 0 aliphatic rings. The third kappa shape index (κ3) is 4.01. The number of carbonyl (C=O) groups excluding carboxylic acids is 2. The van der Waals surface area contributed by atoms with Crippen molar-refractivity contribution < 1.29 is 14.0 Å². The molecule has 2 rings (SSSR count). The SMILES string of the molecule is CCc1[nH]cnc1-c1cc(F)cc(C(=O)NC[C@@H](N)C(C)=O)c1. The van der Waals surface area contributed by atoms with E-state index in [2.05, 4.69) is 15.3 Å². The summed E-state index contributed by atoms with van der Waals surface area (Å²) in [6.07, 6.45) is 2.24. The molecule has 23 heavy (non-hydrogen) atoms. The lowest BCUT2D eigenvalue weighted by atomic mass is 10.0. The van der Waals surface area contributed by atoms with Gasteiger partial charge in [0.1, 0.15) is 11.6 Å². The first kappa shape index (κ1) is 16.8. The molecule has 0 fully saturated rings. The lowest BCUT2D eigenvalue weighted by Crippen LogP contribution is -2.41. The molecule has 7 heteroatoms. The summed E-state index contributed by atoms with van der Waals surface area (Å²) >= 11 is 0. The number of nitrogens with two attached hydrogens (primary N) is 1. The monoisotopic (exact) mass is 318 g/mol. The molecule has 1 aromatic heterocycles. The number of nitrogens with one attached hydrogen (secondary N) is 2. The number of ketones is 1. The highest BCUT2D eigenvalue weighted by atomic mass is 19.1. The van der Waals surface area contributed by atoms with E-state index in [1.165, 1.54) is 19.3 Å². The first-order chi connectivity index (χ1) is 10.9. The van der Waals surface area contributed by atoms with E-state index < -0.39 is 17.8 Å². The average molecular weight is 318 g/mol. The number of H-pyrrole nitrogens is 1. The topological polar surface area (TPSA) is 101 Å². The normalized spacial score (nSPS) is 12.0. The van der Waals surface area contributed by atoms with Crippen LogP contribution in [-0.4, -0.2) is 34.2 Å². The van der Waals surface area contributed by atoms with Crippen molar-refractivity contribution in [1.29, 1.82) is 0 Å². The van der Waals surface area contributed by atoms with E-state index in [4.69, 9.17) is 5.73 Å². The minimum Gasteiger partial charge on any atom is -0.350 e. The van der Waals surface area contributed by atoms with E-state index in [0.29, 0.717) is 17.7 Å². The van der Waals surface area contributed by atoms with Crippen molar-refractivity contribution in [2.24, 2.45) is 5.73 Å². The number of Topliss-reactive ketones (excluding diaryl/α,β-unsaturated/α-hetero) is 1. The van der Waals surface area contributed by atoms with Crippen molar-refractivity contribution in [2.45, 2.75) is 26.3 Å². The van der Waals surface area contributed by atoms with Crippen LogP contribution in [0.3, 0.4) is 0 Å². The molecule has 1 amide bonds. The van der Waals surface area contributed by atoms with Crippen LogP contribution in [0.15, 0.2) is 24.5 Å². The Labute approximate surface area is 133 Å². The molecule has 0 spiro atoms. The standard InChI is InChI=1S/C16H19FN4O2/c1-3-14-15(21-8-20-14)10-4-11(6-12(17)5-10)16(23)19-7-13(18)9(2)22/h4-6,8,13H,3,7,18H2,1-2H3,(H,19,23)(H,20,21)/t13-/m1/s1. The Kier molecular flexibility index (Phi) is 5.23. The maximum atomic E-state index is 13.8. The van der Waals surface area contributed by atoms with Crippen molar-refractivity contribution in [3.05, 3.63) is 41.6 Å². The van der Waals surface area contributed by atoms with Gasteiger partial charge in [0.05, 0.1) is 18.1 Å². The molecule has 0 saturated carbocycles. The van der Waals surface area contributed by atoms with Gasteiger partial charge >= 0.3 is 0 Å². The number of carbonyl (C=O) groups is 2. The van der Waals surface area contributed by atoms with Crippen LogP contribution >= 0.6 is 0 Å². The molecule has 1 aromatic carbocycles. The summed E-state index contributed by atoms with van der Waals surface area (Å²) in [7, 11) is 0. The predicted molar refractivity (Wildman–Crippen MR) is 84.3 cm³/mol. The number of imidazole rings is 1. The van der Waals surface area contributed by atoms with Crippen LogP contribution in [0.5, 0.6) is 0 Å². The number of aryl methyl sites for hydroxylation is 1. The largest absolute Gasteiger partial charge is 0.350 e. The van der Waals surface area contributed by atoms with Crippen LogP contribution in [-0.2, 0) is 11.2 Å². The van der Waals surface area contributed by atoms with Crippen LogP contribution < -0.4 is 11.1 Å². The number of aromatic amines is 1. The van der Waals surface area contributed by atoms with Gasteiger partial charge in [-0.25, -0.2) is 9.37 Å². The molecule has 6 nitrogen and oxygen atoms in total. The Morgan fingerprint density at radius 1 is 1.39 bits per heavy atom. The molecule has 0 saturated heterocycles. The quantitative estimate of drug-likeness (QED) is 0.750. The van der Waals surface area contributed by atoms with E-state index >= 15 is 0 Å². The first-order valence-corrected chi connectivity index (χ1v) is 7.29. The molecular formula is C16H19FN4O2. The lowest BCUT2D eigenvalue weighted by Gasteiger charge is -2.10. The van der Waals surface area contributed by atoms with Gasteiger partial charge in [-0.3, -0.25) is 9.59 Å². The summed E-state index contributed by atoms with van der Waals surface area (Å²) < 4.78 is 13.8. The number of hydrogen-bond donors (Lipinski definition) is 3. The summed E-state index contributed by atoms with van der Waals surface area (Å²) in [5.41, 5.74) is 7.71. The molecule has 122 valence electrons. The molecule has 1 atom stereocenters. The molecule has 0 unspecified atom stereocenters. The highest BCUT2D eigenvalue weighted by molar-refractivity contribution is 5.96. The first-order valence-electron chi connectivity index (χ1n) is 7.29. The van der Waals surface area contributed by atoms with Gasteiger partial charge < -0.3 is 16.0 Å². The number of benzene rings is 1.